The average molecular weight is 421 g/mol. The van der Waals surface area contributed by atoms with E-state index in [4.69, 9.17) is 20.8 Å². The van der Waals surface area contributed by atoms with Gasteiger partial charge in [-0.05, 0) is 59.6 Å². The van der Waals surface area contributed by atoms with Crippen molar-refractivity contribution in [3.8, 4) is 22.9 Å². The lowest BCUT2D eigenvalue weighted by Crippen LogP contribution is -2.14. The molecule has 0 spiro atoms. The van der Waals surface area contributed by atoms with E-state index in [9.17, 15) is 9.59 Å². The summed E-state index contributed by atoms with van der Waals surface area (Å²) in [6.45, 7) is 0. The van der Waals surface area contributed by atoms with Gasteiger partial charge in [-0.1, -0.05) is 30.3 Å². The number of rotatable bonds is 6. The molecule has 0 saturated carbocycles. The number of nitrogens with zero attached hydrogens (tertiary/aromatic N) is 1. The van der Waals surface area contributed by atoms with Gasteiger partial charge in [-0.3, -0.25) is 9.36 Å². The number of carbonyl (C=O) groups is 1. The molecule has 2 aromatic heterocycles. The number of halogens is 1. The van der Waals surface area contributed by atoms with E-state index in [1.54, 1.807) is 55.8 Å². The first-order valence-corrected chi connectivity index (χ1v) is 9.45. The number of nitrogens with one attached hydrogen (secondary N) is 1. The fraction of sp³-hybridized carbons (Fsp3) is 0.0435. The molecule has 0 bridgehead atoms. The van der Waals surface area contributed by atoms with Crippen molar-refractivity contribution in [2.75, 3.05) is 7.11 Å². The van der Waals surface area contributed by atoms with E-state index in [-0.39, 0.29) is 16.7 Å². The van der Waals surface area contributed by atoms with Crippen molar-refractivity contribution < 1.29 is 13.9 Å². The van der Waals surface area contributed by atoms with Crippen LogP contribution in [0.25, 0.3) is 23.2 Å². The highest BCUT2D eigenvalue weighted by molar-refractivity contribution is 6.28. The number of ether oxygens (including phenoxy) is 1. The van der Waals surface area contributed by atoms with Crippen molar-refractivity contribution in [3.63, 3.8) is 0 Å². The largest absolute Gasteiger partial charge is 0.497 e. The Labute approximate surface area is 177 Å². The number of hydrogen-bond acceptors (Lipinski definition) is 4. The van der Waals surface area contributed by atoms with Gasteiger partial charge >= 0.3 is 5.69 Å². The Balaban J connectivity index is 1.58. The first-order chi connectivity index (χ1) is 14.5. The molecule has 0 atom stereocenters. The second kappa shape index (κ2) is 8.31. The van der Waals surface area contributed by atoms with Gasteiger partial charge in [0.1, 0.15) is 11.4 Å². The van der Waals surface area contributed by atoms with Gasteiger partial charge in [0.15, 0.2) is 16.8 Å². The van der Waals surface area contributed by atoms with Crippen molar-refractivity contribution in [2.45, 2.75) is 0 Å². The molecule has 0 unspecified atom stereocenters. The number of methoxy groups -OCH3 is 1. The number of aromatic nitrogens is 2. The fourth-order valence-corrected chi connectivity index (χ4v) is 3.11. The van der Waals surface area contributed by atoms with Crippen LogP contribution in [0.3, 0.4) is 0 Å². The molecule has 0 aliphatic rings. The summed E-state index contributed by atoms with van der Waals surface area (Å²) in [6.07, 6.45) is 4.83. The maximum absolute atomic E-state index is 12.6. The zero-order valence-electron chi connectivity index (χ0n) is 16.0. The number of furan rings is 1. The van der Waals surface area contributed by atoms with E-state index in [2.05, 4.69) is 4.98 Å². The Kier molecular flexibility index (Phi) is 5.41. The highest BCUT2D eigenvalue weighted by atomic mass is 35.5. The summed E-state index contributed by atoms with van der Waals surface area (Å²) in [5.41, 5.74) is 2.04. The van der Waals surface area contributed by atoms with Gasteiger partial charge in [-0.15, -0.1) is 0 Å². The third kappa shape index (κ3) is 4.14. The number of ketones is 1. The van der Waals surface area contributed by atoms with Crippen molar-refractivity contribution in [3.05, 3.63) is 99.8 Å². The van der Waals surface area contributed by atoms with E-state index in [0.29, 0.717) is 22.7 Å². The number of carbonyl (C=O) groups excluding carboxylic acids is 1. The van der Waals surface area contributed by atoms with Crippen LogP contribution in [-0.4, -0.2) is 22.4 Å². The molecule has 6 nitrogen and oxygen atoms in total. The van der Waals surface area contributed by atoms with Crippen molar-refractivity contribution in [2.24, 2.45) is 0 Å². The Morgan fingerprint density at radius 2 is 1.93 bits per heavy atom. The highest BCUT2D eigenvalue weighted by Gasteiger charge is 2.11. The van der Waals surface area contributed by atoms with Crippen LogP contribution in [0, 0.1) is 0 Å². The number of aromatic amines is 1. The van der Waals surface area contributed by atoms with Crippen LogP contribution in [0.2, 0.25) is 5.22 Å². The summed E-state index contributed by atoms with van der Waals surface area (Å²) in [6, 6.07) is 17.5. The number of benzene rings is 2. The van der Waals surface area contributed by atoms with Crippen LogP contribution < -0.4 is 10.4 Å². The van der Waals surface area contributed by atoms with Gasteiger partial charge in [0, 0.05) is 11.8 Å². The van der Waals surface area contributed by atoms with Crippen molar-refractivity contribution in [1.29, 1.82) is 0 Å². The molecule has 2 heterocycles. The third-order valence-corrected chi connectivity index (χ3v) is 4.71. The molecule has 7 heteroatoms. The van der Waals surface area contributed by atoms with Crippen LogP contribution in [-0.2, 0) is 0 Å². The lowest BCUT2D eigenvalue weighted by Gasteiger charge is -2.03. The predicted molar refractivity (Wildman–Crippen MR) is 115 cm³/mol. The van der Waals surface area contributed by atoms with E-state index in [1.165, 1.54) is 10.6 Å². The summed E-state index contributed by atoms with van der Waals surface area (Å²) in [5.74, 6) is 1.03. The second-order valence-corrected chi connectivity index (χ2v) is 6.84. The van der Waals surface area contributed by atoms with Gasteiger partial charge in [-0.2, -0.15) is 0 Å². The normalized spacial score (nSPS) is 11.1. The summed E-state index contributed by atoms with van der Waals surface area (Å²) < 4.78 is 11.9. The summed E-state index contributed by atoms with van der Waals surface area (Å²) in [4.78, 5) is 27.7. The van der Waals surface area contributed by atoms with E-state index in [0.717, 1.165) is 11.3 Å². The van der Waals surface area contributed by atoms with Crippen LogP contribution in [0.4, 0.5) is 0 Å². The van der Waals surface area contributed by atoms with Crippen LogP contribution in [0.15, 0.2) is 82.1 Å². The van der Waals surface area contributed by atoms with Gasteiger partial charge in [0.2, 0.25) is 0 Å². The Bertz CT molecular complexity index is 1280. The average Bonchev–Trinajstić information content (AvgIpc) is 3.38. The Morgan fingerprint density at radius 3 is 2.63 bits per heavy atom. The summed E-state index contributed by atoms with van der Waals surface area (Å²) >= 11 is 5.80. The molecule has 0 saturated heterocycles. The van der Waals surface area contributed by atoms with Crippen LogP contribution in [0.5, 0.6) is 5.75 Å². The van der Waals surface area contributed by atoms with E-state index in [1.807, 2.05) is 24.3 Å². The highest BCUT2D eigenvalue weighted by Crippen LogP contribution is 2.23. The third-order valence-electron chi connectivity index (χ3n) is 4.51. The molecule has 0 aliphatic carbocycles. The molecule has 150 valence electrons. The Hall–Kier alpha value is -3.77. The van der Waals surface area contributed by atoms with Gasteiger partial charge in [-0.25, -0.2) is 4.79 Å². The molecule has 1 N–H and O–H groups in total. The van der Waals surface area contributed by atoms with Gasteiger partial charge < -0.3 is 14.1 Å². The standard InChI is InChI=1S/C23H17ClN2O4/c1-29-18-8-5-15(6-9-18)7-10-20(27)16-3-2-4-17(13-16)26-14-19(25-23(26)28)21-11-12-22(24)30-21/h2-14H,1H3,(H,25,28). The molecule has 0 aliphatic heterocycles. The minimum atomic E-state index is -0.351. The fourth-order valence-electron chi connectivity index (χ4n) is 2.96. The van der Waals surface area contributed by atoms with Crippen molar-refractivity contribution in [1.82, 2.24) is 9.55 Å². The number of imidazole rings is 1. The van der Waals surface area contributed by atoms with Gasteiger partial charge in [0.05, 0.1) is 12.8 Å². The SMILES string of the molecule is COc1ccc(C=CC(=O)c2cccc(-n3cc(-c4ccc(Cl)o4)[nH]c3=O)c2)cc1. The molecule has 4 aromatic rings. The zero-order chi connectivity index (χ0) is 21.1. The molecule has 2 aromatic carbocycles. The Morgan fingerprint density at radius 1 is 1.13 bits per heavy atom. The lowest BCUT2D eigenvalue weighted by molar-refractivity contribution is 0.104. The van der Waals surface area contributed by atoms with Crippen LogP contribution in [0.1, 0.15) is 15.9 Å². The number of allylic oxidation sites excluding steroid dienone is 1. The van der Waals surface area contributed by atoms with Crippen molar-refractivity contribution >= 4 is 23.5 Å². The molecule has 30 heavy (non-hydrogen) atoms. The molecular formula is C23H17ClN2O4. The monoisotopic (exact) mass is 420 g/mol. The topological polar surface area (TPSA) is 77.2 Å². The molecule has 4 rings (SSSR count). The number of hydrogen-bond donors (Lipinski definition) is 1. The summed E-state index contributed by atoms with van der Waals surface area (Å²) in [5, 5.41) is 0.231. The summed E-state index contributed by atoms with van der Waals surface area (Å²) in [7, 11) is 1.60. The maximum Gasteiger partial charge on any atom is 0.330 e. The second-order valence-electron chi connectivity index (χ2n) is 6.47. The van der Waals surface area contributed by atoms with E-state index < -0.39 is 0 Å². The zero-order valence-corrected chi connectivity index (χ0v) is 16.7. The molecular weight excluding hydrogens is 404 g/mol. The number of H-pyrrole nitrogens is 1. The smallest absolute Gasteiger partial charge is 0.330 e. The molecule has 0 radical (unpaired) electrons. The first kappa shape index (κ1) is 19.5. The molecule has 0 fully saturated rings. The minimum absolute atomic E-state index is 0.172. The van der Waals surface area contributed by atoms with Gasteiger partial charge in [0.25, 0.3) is 0 Å². The molecule has 0 amide bonds. The maximum atomic E-state index is 12.6. The van der Waals surface area contributed by atoms with E-state index >= 15 is 0 Å². The van der Waals surface area contributed by atoms with Crippen LogP contribution >= 0.6 is 11.6 Å². The minimum Gasteiger partial charge on any atom is -0.497 e. The quantitative estimate of drug-likeness (QED) is 0.352. The lowest BCUT2D eigenvalue weighted by atomic mass is 10.1. The first-order valence-electron chi connectivity index (χ1n) is 9.08. The predicted octanol–water partition coefficient (Wildman–Crippen LogP) is 4.98.